The molecule has 0 unspecified atom stereocenters. The minimum absolute atomic E-state index is 0.0558. The standard InChI is InChI=1S/C21H26ClIO2/c1-12(23)25-15-4-6-16-13(9-15)3-5-17-18-7-8-19(24)21(18,2)10-14(11-22)20(16)17/h4,6,9,14,17-20,24H,1,3,5,7-8,10-11H2,2H3/t14-,17+,18+,19+,20-,21+/m1/s1. The van der Waals surface area contributed by atoms with Crippen molar-refractivity contribution < 1.29 is 9.84 Å². The lowest BCUT2D eigenvalue weighted by Gasteiger charge is -2.53. The third-order valence-corrected chi connectivity index (χ3v) is 7.81. The molecule has 3 aliphatic carbocycles. The van der Waals surface area contributed by atoms with Gasteiger partial charge < -0.3 is 9.84 Å². The van der Waals surface area contributed by atoms with Crippen LogP contribution in [0, 0.1) is 23.2 Å². The average Bonchev–Trinajstić information content (AvgIpc) is 2.88. The van der Waals surface area contributed by atoms with E-state index in [1.807, 2.05) is 0 Å². The molecule has 0 aromatic heterocycles. The Hall–Kier alpha value is -0.260. The summed E-state index contributed by atoms with van der Waals surface area (Å²) in [6, 6.07) is 6.53. The number of rotatable bonds is 3. The molecule has 2 fully saturated rings. The fourth-order valence-electron chi connectivity index (χ4n) is 6.18. The Labute approximate surface area is 169 Å². The van der Waals surface area contributed by atoms with Gasteiger partial charge in [-0.2, -0.15) is 0 Å². The maximum Gasteiger partial charge on any atom is 0.157 e. The summed E-state index contributed by atoms with van der Waals surface area (Å²) in [5.41, 5.74) is 2.94. The molecule has 0 aliphatic heterocycles. The monoisotopic (exact) mass is 472 g/mol. The van der Waals surface area contributed by atoms with Crippen LogP contribution in [0.5, 0.6) is 5.75 Å². The van der Waals surface area contributed by atoms with Crippen molar-refractivity contribution in [2.45, 2.75) is 51.0 Å². The van der Waals surface area contributed by atoms with Crippen LogP contribution >= 0.6 is 34.2 Å². The van der Waals surface area contributed by atoms with E-state index in [1.54, 1.807) is 0 Å². The van der Waals surface area contributed by atoms with E-state index in [0.29, 0.717) is 33.3 Å². The fraction of sp³-hybridized carbons (Fsp3) is 0.619. The van der Waals surface area contributed by atoms with Gasteiger partial charge in [-0.1, -0.05) is 13.0 Å². The number of hydrogen-bond acceptors (Lipinski definition) is 2. The number of aliphatic hydroxyl groups is 1. The molecule has 4 heteroatoms. The molecule has 0 saturated heterocycles. The molecule has 1 aromatic carbocycles. The summed E-state index contributed by atoms with van der Waals surface area (Å²) in [5, 5.41) is 10.6. The zero-order valence-corrected chi connectivity index (χ0v) is 17.6. The van der Waals surface area contributed by atoms with Gasteiger partial charge in [-0.15, -0.1) is 11.6 Å². The molecule has 4 rings (SSSR count). The van der Waals surface area contributed by atoms with Crippen molar-refractivity contribution in [3.8, 4) is 5.75 Å². The van der Waals surface area contributed by atoms with Gasteiger partial charge in [-0.05, 0) is 114 Å². The topological polar surface area (TPSA) is 29.5 Å². The molecule has 1 N–H and O–H groups in total. The second-order valence-corrected chi connectivity index (χ2v) is 9.88. The van der Waals surface area contributed by atoms with Crippen LogP contribution in [0.4, 0.5) is 0 Å². The number of benzene rings is 1. The Kier molecular flexibility index (Phi) is 4.87. The SMILES string of the molecule is C=C(I)Oc1ccc2c(c1)CC[C@@H]1[C@@H]2[C@@H](CCl)C[C@]2(C)[C@@H](O)CC[C@@H]12. The highest BCUT2D eigenvalue weighted by molar-refractivity contribution is 14.1. The molecule has 0 bridgehead atoms. The number of halogens is 2. The Morgan fingerprint density at radius 2 is 2.20 bits per heavy atom. The van der Waals surface area contributed by atoms with Gasteiger partial charge in [-0.25, -0.2) is 0 Å². The quantitative estimate of drug-likeness (QED) is 0.350. The summed E-state index contributed by atoms with van der Waals surface area (Å²) in [7, 11) is 0. The van der Waals surface area contributed by atoms with E-state index in [9.17, 15) is 5.11 Å². The highest BCUT2D eigenvalue weighted by atomic mass is 127. The molecule has 0 heterocycles. The third kappa shape index (κ3) is 2.94. The summed E-state index contributed by atoms with van der Waals surface area (Å²) >= 11 is 8.55. The van der Waals surface area contributed by atoms with Crippen LogP contribution in [0.15, 0.2) is 28.5 Å². The summed E-state index contributed by atoms with van der Waals surface area (Å²) in [5.74, 6) is 3.82. The number of ether oxygens (including phenoxy) is 1. The largest absolute Gasteiger partial charge is 0.452 e. The fourth-order valence-corrected chi connectivity index (χ4v) is 6.73. The van der Waals surface area contributed by atoms with E-state index in [4.69, 9.17) is 16.3 Å². The molecular weight excluding hydrogens is 447 g/mol. The lowest BCUT2D eigenvalue weighted by Crippen LogP contribution is -2.48. The van der Waals surface area contributed by atoms with Gasteiger partial charge in [0.05, 0.1) is 6.10 Å². The van der Waals surface area contributed by atoms with Crippen molar-refractivity contribution in [1.29, 1.82) is 0 Å². The molecular formula is C21H26ClIO2. The summed E-state index contributed by atoms with van der Waals surface area (Å²) in [6.45, 7) is 6.14. The first-order valence-corrected chi connectivity index (χ1v) is 10.9. The molecule has 0 amide bonds. The zero-order valence-electron chi connectivity index (χ0n) is 14.7. The van der Waals surface area contributed by atoms with E-state index in [0.717, 1.165) is 25.0 Å². The van der Waals surface area contributed by atoms with Crippen LogP contribution in [-0.2, 0) is 6.42 Å². The molecule has 2 saturated carbocycles. The third-order valence-electron chi connectivity index (χ3n) is 7.19. The highest BCUT2D eigenvalue weighted by Gasteiger charge is 2.57. The number of alkyl halides is 1. The van der Waals surface area contributed by atoms with Crippen molar-refractivity contribution in [3.05, 3.63) is 39.7 Å². The molecule has 0 radical (unpaired) electrons. The second-order valence-electron chi connectivity index (χ2n) is 8.37. The molecule has 3 aliphatic rings. The van der Waals surface area contributed by atoms with E-state index in [-0.39, 0.29) is 11.5 Å². The number of fused-ring (bicyclic) bond motifs is 5. The number of aryl methyl sites for hydroxylation is 1. The Morgan fingerprint density at radius 3 is 2.92 bits per heavy atom. The first kappa shape index (κ1) is 18.1. The minimum Gasteiger partial charge on any atom is -0.452 e. The van der Waals surface area contributed by atoms with E-state index in [2.05, 4.69) is 54.3 Å². The van der Waals surface area contributed by atoms with Gasteiger partial charge in [0.1, 0.15) is 5.75 Å². The first-order chi connectivity index (χ1) is 11.9. The van der Waals surface area contributed by atoms with Crippen molar-refractivity contribution in [3.63, 3.8) is 0 Å². The Balaban J connectivity index is 1.71. The van der Waals surface area contributed by atoms with Gasteiger partial charge in [0, 0.05) is 5.88 Å². The van der Waals surface area contributed by atoms with Crippen LogP contribution in [0.2, 0.25) is 0 Å². The van der Waals surface area contributed by atoms with E-state index < -0.39 is 0 Å². The molecule has 0 spiro atoms. The van der Waals surface area contributed by atoms with Gasteiger partial charge in [0.15, 0.2) is 3.77 Å². The van der Waals surface area contributed by atoms with Crippen LogP contribution in [0.1, 0.15) is 49.7 Å². The van der Waals surface area contributed by atoms with E-state index in [1.165, 1.54) is 24.0 Å². The summed E-state index contributed by atoms with van der Waals surface area (Å²) in [4.78, 5) is 0. The Morgan fingerprint density at radius 1 is 1.40 bits per heavy atom. The van der Waals surface area contributed by atoms with Gasteiger partial charge in [0.2, 0.25) is 0 Å². The van der Waals surface area contributed by atoms with E-state index >= 15 is 0 Å². The zero-order chi connectivity index (χ0) is 17.8. The predicted octanol–water partition coefficient (Wildman–Crippen LogP) is 5.65. The van der Waals surface area contributed by atoms with Crippen molar-refractivity contribution >= 4 is 34.2 Å². The smallest absolute Gasteiger partial charge is 0.157 e. The predicted molar refractivity (Wildman–Crippen MR) is 110 cm³/mol. The normalized spacial score (nSPS) is 39.3. The van der Waals surface area contributed by atoms with Gasteiger partial charge >= 0.3 is 0 Å². The van der Waals surface area contributed by atoms with Crippen LogP contribution in [0.25, 0.3) is 0 Å². The van der Waals surface area contributed by atoms with Crippen molar-refractivity contribution in [1.82, 2.24) is 0 Å². The van der Waals surface area contributed by atoms with Crippen LogP contribution in [0.3, 0.4) is 0 Å². The summed E-state index contributed by atoms with van der Waals surface area (Å²) < 4.78 is 6.39. The number of aliphatic hydroxyl groups excluding tert-OH is 1. The van der Waals surface area contributed by atoms with Gasteiger partial charge in [-0.3, -0.25) is 0 Å². The van der Waals surface area contributed by atoms with Crippen molar-refractivity contribution in [2.24, 2.45) is 23.2 Å². The molecule has 25 heavy (non-hydrogen) atoms. The first-order valence-electron chi connectivity index (χ1n) is 9.33. The van der Waals surface area contributed by atoms with Crippen LogP contribution in [-0.4, -0.2) is 17.1 Å². The second kappa shape index (κ2) is 6.72. The Bertz CT molecular complexity index is 690. The molecule has 6 atom stereocenters. The van der Waals surface area contributed by atoms with Crippen molar-refractivity contribution in [2.75, 3.05) is 5.88 Å². The molecule has 2 nitrogen and oxygen atoms in total. The highest BCUT2D eigenvalue weighted by Crippen LogP contribution is 2.63. The molecule has 136 valence electrons. The van der Waals surface area contributed by atoms with Crippen LogP contribution < -0.4 is 4.74 Å². The number of hydrogen-bond donors (Lipinski definition) is 1. The van der Waals surface area contributed by atoms with Gasteiger partial charge in [0.25, 0.3) is 0 Å². The lowest BCUT2D eigenvalue weighted by atomic mass is 9.52. The average molecular weight is 473 g/mol. The molecule has 1 aromatic rings. The maximum absolute atomic E-state index is 10.6. The lowest BCUT2D eigenvalue weighted by molar-refractivity contribution is -0.0434. The maximum atomic E-state index is 10.6. The summed E-state index contributed by atoms with van der Waals surface area (Å²) in [6.07, 6.45) is 5.31. The minimum atomic E-state index is -0.156.